The highest BCUT2D eigenvalue weighted by atomic mass is 127. The van der Waals surface area contributed by atoms with Gasteiger partial charge in [-0.05, 0) is 17.7 Å². The van der Waals surface area contributed by atoms with Crippen LogP contribution in [0.25, 0.3) is 0 Å². The molecule has 7 nitrogen and oxygen atoms in total. The summed E-state index contributed by atoms with van der Waals surface area (Å²) in [5.74, 6) is 0.474. The summed E-state index contributed by atoms with van der Waals surface area (Å²) < 4.78 is 0. The molecule has 9 heteroatoms. The Morgan fingerprint density at radius 2 is 1.96 bits per heavy atom. The summed E-state index contributed by atoms with van der Waals surface area (Å²) >= 11 is 1.66. The van der Waals surface area contributed by atoms with Crippen molar-refractivity contribution < 1.29 is 4.79 Å². The lowest BCUT2D eigenvalue weighted by Crippen LogP contribution is -2.51. The second kappa shape index (κ2) is 9.72. The zero-order chi connectivity index (χ0) is 17.6. The summed E-state index contributed by atoms with van der Waals surface area (Å²) in [4.78, 5) is 24.7. The molecule has 0 aliphatic carbocycles. The third-order valence-electron chi connectivity index (χ3n) is 4.16. The van der Waals surface area contributed by atoms with Crippen LogP contribution in [0.1, 0.15) is 15.9 Å². The molecular formula is C17H23IN6OS. The fourth-order valence-electron chi connectivity index (χ4n) is 2.68. The second-order valence-corrected chi connectivity index (χ2v) is 6.61. The molecule has 0 atom stereocenters. The number of carbonyl (C=O) groups excluding carboxylic acids is 1. The van der Waals surface area contributed by atoms with Gasteiger partial charge in [0.2, 0.25) is 0 Å². The Bertz CT molecular complexity index is 726. The van der Waals surface area contributed by atoms with E-state index < -0.39 is 0 Å². The molecule has 1 aromatic carbocycles. The van der Waals surface area contributed by atoms with Crippen LogP contribution in [0, 0.1) is 0 Å². The van der Waals surface area contributed by atoms with Gasteiger partial charge in [0.25, 0.3) is 5.91 Å². The third kappa shape index (κ3) is 5.07. The van der Waals surface area contributed by atoms with Gasteiger partial charge in [0, 0.05) is 50.4 Å². The van der Waals surface area contributed by atoms with E-state index in [1.807, 2.05) is 23.7 Å². The molecule has 1 aliphatic rings. The number of benzene rings is 1. The molecule has 26 heavy (non-hydrogen) atoms. The van der Waals surface area contributed by atoms with E-state index in [4.69, 9.17) is 5.73 Å². The number of nitrogens with one attached hydrogen (secondary N) is 1. The van der Waals surface area contributed by atoms with Crippen LogP contribution < -0.4 is 16.0 Å². The molecule has 3 N–H and O–H groups in total. The predicted octanol–water partition coefficient (Wildman–Crippen LogP) is 1.76. The second-order valence-electron chi connectivity index (χ2n) is 5.74. The number of nitrogens with zero attached hydrogens (tertiary/aromatic N) is 4. The highest BCUT2D eigenvalue weighted by Crippen LogP contribution is 2.18. The molecule has 140 valence electrons. The largest absolute Gasteiger partial charge is 0.370 e. The lowest BCUT2D eigenvalue weighted by molar-refractivity contribution is 0.0963. The van der Waals surface area contributed by atoms with E-state index in [0.717, 1.165) is 36.9 Å². The number of rotatable bonds is 4. The fraction of sp³-hybridized carbons (Fsp3) is 0.353. The minimum atomic E-state index is -0.0901. The average Bonchev–Trinajstić information content (AvgIpc) is 3.21. The highest BCUT2D eigenvalue weighted by molar-refractivity contribution is 14.0. The number of thiazole rings is 1. The molecule has 0 unspecified atom stereocenters. The maximum absolute atomic E-state index is 11.5. The van der Waals surface area contributed by atoms with E-state index in [1.54, 1.807) is 30.5 Å². The third-order valence-corrected chi connectivity index (χ3v) is 4.99. The van der Waals surface area contributed by atoms with Crippen LogP contribution in [-0.2, 0) is 6.54 Å². The van der Waals surface area contributed by atoms with Gasteiger partial charge in [-0.2, -0.15) is 0 Å². The van der Waals surface area contributed by atoms with E-state index in [9.17, 15) is 4.79 Å². The Balaban J connectivity index is 0.00000243. The Hall–Kier alpha value is -1.88. The van der Waals surface area contributed by atoms with Crippen molar-refractivity contribution in [3.8, 4) is 0 Å². The van der Waals surface area contributed by atoms with Crippen molar-refractivity contribution in [2.75, 3.05) is 38.1 Å². The molecule has 1 aromatic heterocycles. The first-order valence-electron chi connectivity index (χ1n) is 8.17. The number of carbonyl (C=O) groups is 1. The fourth-order valence-corrected chi connectivity index (χ4v) is 3.37. The van der Waals surface area contributed by atoms with Crippen molar-refractivity contribution in [1.82, 2.24) is 15.2 Å². The number of piperazine rings is 1. The quantitative estimate of drug-likeness (QED) is 0.391. The molecule has 1 amide bonds. The van der Waals surface area contributed by atoms with Gasteiger partial charge in [0.1, 0.15) is 0 Å². The molecule has 1 fully saturated rings. The molecule has 0 radical (unpaired) electrons. The normalized spacial score (nSPS) is 14.7. The molecule has 1 aliphatic heterocycles. The van der Waals surface area contributed by atoms with Crippen molar-refractivity contribution >= 4 is 52.3 Å². The standard InChI is InChI=1S/C17H22N6OS.HI/c1-19-15(24)14-4-2-13(3-5-14)12-21-16(18)22-7-9-23(10-8-22)17-20-6-11-25-17;/h2-6,11H,7-10,12H2,1H3,(H2,18,21)(H,19,24);1H. The molecule has 0 bridgehead atoms. The van der Waals surface area contributed by atoms with Gasteiger partial charge in [-0.15, -0.1) is 35.3 Å². The van der Waals surface area contributed by atoms with E-state index in [1.165, 1.54) is 0 Å². The zero-order valence-corrected chi connectivity index (χ0v) is 17.7. The van der Waals surface area contributed by atoms with Gasteiger partial charge >= 0.3 is 0 Å². The number of hydrogen-bond acceptors (Lipinski definition) is 5. The first kappa shape index (κ1) is 20.4. The molecule has 1 saturated heterocycles. The number of hydrogen-bond donors (Lipinski definition) is 2. The average molecular weight is 486 g/mol. The summed E-state index contributed by atoms with van der Waals surface area (Å²) in [5, 5.41) is 5.66. The summed E-state index contributed by atoms with van der Waals surface area (Å²) in [6.45, 7) is 3.97. The van der Waals surface area contributed by atoms with Gasteiger partial charge in [-0.3, -0.25) is 4.79 Å². The van der Waals surface area contributed by atoms with Crippen molar-refractivity contribution in [3.63, 3.8) is 0 Å². The van der Waals surface area contributed by atoms with Crippen LogP contribution in [0.2, 0.25) is 0 Å². The minimum absolute atomic E-state index is 0. The van der Waals surface area contributed by atoms with Gasteiger partial charge in [-0.1, -0.05) is 12.1 Å². The van der Waals surface area contributed by atoms with Crippen LogP contribution in [-0.4, -0.2) is 55.0 Å². The van der Waals surface area contributed by atoms with Crippen molar-refractivity contribution in [2.45, 2.75) is 6.54 Å². The molecule has 3 rings (SSSR count). The molecule has 2 heterocycles. The number of nitrogens with two attached hydrogens (primary N) is 1. The van der Waals surface area contributed by atoms with Crippen LogP contribution in [0.3, 0.4) is 0 Å². The number of guanidine groups is 1. The van der Waals surface area contributed by atoms with Gasteiger partial charge in [0.15, 0.2) is 11.1 Å². The molecular weight excluding hydrogens is 463 g/mol. The highest BCUT2D eigenvalue weighted by Gasteiger charge is 2.19. The van der Waals surface area contributed by atoms with Crippen molar-refractivity contribution in [1.29, 1.82) is 0 Å². The van der Waals surface area contributed by atoms with E-state index in [-0.39, 0.29) is 29.9 Å². The number of aliphatic imine (C=N–C) groups is 1. The topological polar surface area (TPSA) is 86.8 Å². The summed E-state index contributed by atoms with van der Waals surface area (Å²) in [5.41, 5.74) is 7.81. The lowest BCUT2D eigenvalue weighted by Gasteiger charge is -2.35. The monoisotopic (exact) mass is 486 g/mol. The van der Waals surface area contributed by atoms with Crippen molar-refractivity contribution in [2.24, 2.45) is 10.7 Å². The SMILES string of the molecule is CNC(=O)c1ccc(CN=C(N)N2CCN(c3nccs3)CC2)cc1.I. The molecule has 0 saturated carbocycles. The van der Waals surface area contributed by atoms with Crippen molar-refractivity contribution in [3.05, 3.63) is 47.0 Å². The summed E-state index contributed by atoms with van der Waals surface area (Å²) in [7, 11) is 1.62. The van der Waals surface area contributed by atoms with Crippen LogP contribution >= 0.6 is 35.3 Å². The molecule has 2 aromatic rings. The number of aromatic nitrogens is 1. The zero-order valence-electron chi connectivity index (χ0n) is 14.6. The Morgan fingerprint density at radius 3 is 2.54 bits per heavy atom. The van der Waals surface area contributed by atoms with Gasteiger partial charge in [-0.25, -0.2) is 9.98 Å². The van der Waals surface area contributed by atoms with Gasteiger partial charge in [0.05, 0.1) is 6.54 Å². The Labute approximate surface area is 174 Å². The lowest BCUT2D eigenvalue weighted by atomic mass is 10.1. The van der Waals surface area contributed by atoms with Crippen LogP contribution in [0.4, 0.5) is 5.13 Å². The summed E-state index contributed by atoms with van der Waals surface area (Å²) in [6, 6.07) is 7.41. The smallest absolute Gasteiger partial charge is 0.251 e. The first-order chi connectivity index (χ1) is 12.2. The summed E-state index contributed by atoms with van der Waals surface area (Å²) in [6.07, 6.45) is 1.83. The first-order valence-corrected chi connectivity index (χ1v) is 9.05. The molecule has 0 spiro atoms. The van der Waals surface area contributed by atoms with E-state index in [2.05, 4.69) is 25.1 Å². The predicted molar refractivity (Wildman–Crippen MR) is 116 cm³/mol. The van der Waals surface area contributed by atoms with Crippen LogP contribution in [0.5, 0.6) is 0 Å². The Kier molecular flexibility index (Phi) is 7.64. The van der Waals surface area contributed by atoms with E-state index in [0.29, 0.717) is 18.1 Å². The maximum atomic E-state index is 11.5. The number of halogens is 1. The van der Waals surface area contributed by atoms with Gasteiger partial charge < -0.3 is 20.9 Å². The number of anilines is 1. The number of amides is 1. The Morgan fingerprint density at radius 1 is 1.27 bits per heavy atom. The van der Waals surface area contributed by atoms with E-state index >= 15 is 0 Å². The maximum Gasteiger partial charge on any atom is 0.251 e. The minimum Gasteiger partial charge on any atom is -0.370 e. The van der Waals surface area contributed by atoms with Crippen LogP contribution in [0.15, 0.2) is 40.8 Å².